The number of aryl methyl sites for hydroxylation is 2. The number of methoxy groups -OCH3 is 1. The Labute approximate surface area is 85.1 Å². The van der Waals surface area contributed by atoms with Crippen LogP contribution < -0.4 is 10.5 Å². The fraction of sp³-hybridized carbons (Fsp3) is 0.500. The van der Waals surface area contributed by atoms with Crippen molar-refractivity contribution >= 4 is 0 Å². The van der Waals surface area contributed by atoms with Crippen LogP contribution >= 0.6 is 0 Å². The molecule has 2 rings (SSSR count). The molecule has 76 valence electrons. The van der Waals surface area contributed by atoms with Gasteiger partial charge in [-0.2, -0.15) is 0 Å². The van der Waals surface area contributed by atoms with Gasteiger partial charge in [0.2, 0.25) is 0 Å². The third kappa shape index (κ3) is 1.40. The summed E-state index contributed by atoms with van der Waals surface area (Å²) in [6.07, 6.45) is 3.41. The average Bonchev–Trinajstić information content (AvgIpc) is 2.19. The van der Waals surface area contributed by atoms with E-state index in [2.05, 4.69) is 19.1 Å². The molecule has 0 heterocycles. The first kappa shape index (κ1) is 9.53. The van der Waals surface area contributed by atoms with Gasteiger partial charge in [0, 0.05) is 11.6 Å². The predicted molar refractivity (Wildman–Crippen MR) is 57.6 cm³/mol. The van der Waals surface area contributed by atoms with Gasteiger partial charge in [0.05, 0.1) is 7.11 Å². The van der Waals surface area contributed by atoms with Gasteiger partial charge in [-0.25, -0.2) is 0 Å². The minimum atomic E-state index is 0.161. The third-order valence-electron chi connectivity index (χ3n) is 3.02. The molecule has 0 bridgehead atoms. The molecule has 0 fully saturated rings. The summed E-state index contributed by atoms with van der Waals surface area (Å²) >= 11 is 0. The second kappa shape index (κ2) is 3.62. The van der Waals surface area contributed by atoms with Gasteiger partial charge in [-0.1, -0.05) is 12.1 Å². The van der Waals surface area contributed by atoms with E-state index in [9.17, 15) is 0 Å². The van der Waals surface area contributed by atoms with Gasteiger partial charge in [-0.3, -0.25) is 0 Å². The van der Waals surface area contributed by atoms with E-state index in [0.29, 0.717) is 0 Å². The summed E-state index contributed by atoms with van der Waals surface area (Å²) in [5, 5.41) is 0. The molecule has 1 aliphatic rings. The zero-order chi connectivity index (χ0) is 10.1. The number of hydrogen-bond donors (Lipinski definition) is 1. The van der Waals surface area contributed by atoms with Gasteiger partial charge >= 0.3 is 0 Å². The summed E-state index contributed by atoms with van der Waals surface area (Å²) in [6, 6.07) is 4.47. The number of ether oxygens (including phenoxy) is 1. The van der Waals surface area contributed by atoms with Gasteiger partial charge in [0.15, 0.2) is 0 Å². The fourth-order valence-electron chi connectivity index (χ4n) is 2.30. The molecule has 2 N–H and O–H groups in total. The number of nitrogens with two attached hydrogens (primary N) is 1. The molecule has 1 aromatic carbocycles. The number of hydrogen-bond acceptors (Lipinski definition) is 2. The first-order chi connectivity index (χ1) is 6.74. The average molecular weight is 191 g/mol. The Morgan fingerprint density at radius 1 is 1.43 bits per heavy atom. The maximum absolute atomic E-state index is 6.11. The first-order valence-corrected chi connectivity index (χ1v) is 5.16. The largest absolute Gasteiger partial charge is 0.496 e. The highest BCUT2D eigenvalue weighted by Gasteiger charge is 2.21. The monoisotopic (exact) mass is 191 g/mol. The van der Waals surface area contributed by atoms with Gasteiger partial charge < -0.3 is 10.5 Å². The summed E-state index contributed by atoms with van der Waals surface area (Å²) in [6.45, 7) is 2.07. The zero-order valence-corrected chi connectivity index (χ0v) is 8.84. The Balaban J connectivity index is 2.57. The van der Waals surface area contributed by atoms with Crippen LogP contribution in [0.25, 0.3) is 0 Å². The van der Waals surface area contributed by atoms with Gasteiger partial charge in [0.1, 0.15) is 5.75 Å². The lowest BCUT2D eigenvalue weighted by atomic mass is 9.86. The summed E-state index contributed by atoms with van der Waals surface area (Å²) in [7, 11) is 1.73. The molecule has 1 atom stereocenters. The topological polar surface area (TPSA) is 35.2 Å². The molecule has 0 unspecified atom stereocenters. The molecule has 0 saturated heterocycles. The van der Waals surface area contributed by atoms with Crippen molar-refractivity contribution in [1.82, 2.24) is 0 Å². The fourth-order valence-corrected chi connectivity index (χ4v) is 2.30. The molecule has 0 aromatic heterocycles. The van der Waals surface area contributed by atoms with Crippen molar-refractivity contribution in [3.8, 4) is 5.75 Å². The zero-order valence-electron chi connectivity index (χ0n) is 8.84. The molecule has 2 heteroatoms. The quantitative estimate of drug-likeness (QED) is 0.739. The van der Waals surface area contributed by atoms with E-state index in [0.717, 1.165) is 18.6 Å². The van der Waals surface area contributed by atoms with E-state index in [1.807, 2.05) is 0 Å². The van der Waals surface area contributed by atoms with Crippen LogP contribution in [0.15, 0.2) is 12.1 Å². The molecule has 0 aliphatic heterocycles. The van der Waals surface area contributed by atoms with Crippen LogP contribution in [0.1, 0.15) is 35.6 Å². The number of rotatable bonds is 1. The van der Waals surface area contributed by atoms with Crippen molar-refractivity contribution in [1.29, 1.82) is 0 Å². The lowest BCUT2D eigenvalue weighted by molar-refractivity contribution is 0.396. The van der Waals surface area contributed by atoms with Crippen molar-refractivity contribution in [2.24, 2.45) is 5.73 Å². The molecular formula is C12H17NO. The van der Waals surface area contributed by atoms with Crippen molar-refractivity contribution in [3.05, 3.63) is 28.8 Å². The Morgan fingerprint density at radius 3 is 2.93 bits per heavy atom. The minimum absolute atomic E-state index is 0.161. The van der Waals surface area contributed by atoms with Crippen molar-refractivity contribution < 1.29 is 4.74 Å². The van der Waals surface area contributed by atoms with E-state index < -0.39 is 0 Å². The van der Waals surface area contributed by atoms with Crippen molar-refractivity contribution in [3.63, 3.8) is 0 Å². The first-order valence-electron chi connectivity index (χ1n) is 5.16. The highest BCUT2D eigenvalue weighted by atomic mass is 16.5. The second-order valence-electron chi connectivity index (χ2n) is 3.99. The highest BCUT2D eigenvalue weighted by molar-refractivity contribution is 5.48. The molecule has 0 spiro atoms. The van der Waals surface area contributed by atoms with E-state index in [1.165, 1.54) is 23.1 Å². The molecule has 1 aromatic rings. The standard InChI is InChI=1S/C12H17NO/c1-8-6-7-9-4-3-5-10(13)11(9)12(8)14-2/h6-7,10H,3-5,13H2,1-2H3/t10-/m1/s1. The lowest BCUT2D eigenvalue weighted by Crippen LogP contribution is -2.18. The normalized spacial score (nSPS) is 20.4. The predicted octanol–water partition coefficient (Wildman–Crippen LogP) is 2.34. The van der Waals surface area contributed by atoms with E-state index in [4.69, 9.17) is 10.5 Å². The number of fused-ring (bicyclic) bond motifs is 1. The van der Waals surface area contributed by atoms with Gasteiger partial charge in [-0.05, 0) is 37.3 Å². The smallest absolute Gasteiger partial charge is 0.126 e. The van der Waals surface area contributed by atoms with Crippen LogP contribution in [0.4, 0.5) is 0 Å². The molecular weight excluding hydrogens is 174 g/mol. The second-order valence-corrected chi connectivity index (χ2v) is 3.99. The highest BCUT2D eigenvalue weighted by Crippen LogP contribution is 2.36. The third-order valence-corrected chi connectivity index (χ3v) is 3.02. The Bertz CT molecular complexity index is 346. The van der Waals surface area contributed by atoms with Crippen molar-refractivity contribution in [2.75, 3.05) is 7.11 Å². The van der Waals surface area contributed by atoms with E-state index in [1.54, 1.807) is 7.11 Å². The lowest BCUT2D eigenvalue weighted by Gasteiger charge is -2.25. The molecule has 1 aliphatic carbocycles. The Morgan fingerprint density at radius 2 is 2.21 bits per heavy atom. The van der Waals surface area contributed by atoms with Gasteiger partial charge in [0.25, 0.3) is 0 Å². The SMILES string of the molecule is COc1c(C)ccc2c1[C@H](N)CCC2. The molecule has 14 heavy (non-hydrogen) atoms. The summed E-state index contributed by atoms with van der Waals surface area (Å²) in [5.41, 5.74) is 9.90. The van der Waals surface area contributed by atoms with Crippen LogP contribution in [0.3, 0.4) is 0 Å². The molecule has 0 saturated carbocycles. The maximum Gasteiger partial charge on any atom is 0.126 e. The van der Waals surface area contributed by atoms with Crippen LogP contribution in [0, 0.1) is 6.92 Å². The van der Waals surface area contributed by atoms with Crippen LogP contribution in [0.5, 0.6) is 5.75 Å². The van der Waals surface area contributed by atoms with E-state index in [-0.39, 0.29) is 6.04 Å². The van der Waals surface area contributed by atoms with E-state index >= 15 is 0 Å². The Kier molecular flexibility index (Phi) is 2.46. The minimum Gasteiger partial charge on any atom is -0.496 e. The Hall–Kier alpha value is -1.02. The molecule has 0 amide bonds. The van der Waals surface area contributed by atoms with Crippen LogP contribution in [-0.2, 0) is 6.42 Å². The van der Waals surface area contributed by atoms with Crippen molar-refractivity contribution in [2.45, 2.75) is 32.2 Å². The molecule has 0 radical (unpaired) electrons. The van der Waals surface area contributed by atoms with Gasteiger partial charge in [-0.15, -0.1) is 0 Å². The summed E-state index contributed by atoms with van der Waals surface area (Å²) < 4.78 is 5.43. The van der Waals surface area contributed by atoms with Crippen LogP contribution in [-0.4, -0.2) is 7.11 Å². The molecule has 2 nitrogen and oxygen atoms in total. The number of benzene rings is 1. The maximum atomic E-state index is 6.11. The van der Waals surface area contributed by atoms with Crippen LogP contribution in [0.2, 0.25) is 0 Å². The summed E-state index contributed by atoms with van der Waals surface area (Å²) in [5.74, 6) is 0.995. The summed E-state index contributed by atoms with van der Waals surface area (Å²) in [4.78, 5) is 0.